The average molecular weight is 135 g/mol. The van der Waals surface area contributed by atoms with Gasteiger partial charge in [-0.1, -0.05) is 6.07 Å². The van der Waals surface area contributed by atoms with Crippen LogP contribution in [0.25, 0.3) is 5.32 Å². The van der Waals surface area contributed by atoms with E-state index in [1.54, 1.807) is 13.2 Å². The molecule has 0 aliphatic heterocycles. The third kappa shape index (κ3) is 1.26. The molecule has 0 saturated heterocycles. The fraction of sp³-hybridized carbons (Fsp3) is 0.375. The molecule has 54 valence electrons. The van der Waals surface area contributed by atoms with Crippen molar-refractivity contribution in [1.29, 1.82) is 0 Å². The Morgan fingerprint density at radius 3 is 2.60 bits per heavy atom. The molecular weight excluding hydrogens is 124 g/mol. The zero-order valence-electron chi connectivity index (χ0n) is 6.55. The molecule has 1 heterocycles. The topological polar surface area (TPSA) is 27.0 Å². The van der Waals surface area contributed by atoms with E-state index in [4.69, 9.17) is 0 Å². The molecule has 1 aromatic heterocycles. The van der Waals surface area contributed by atoms with Crippen LogP contribution in [0.4, 0.5) is 5.69 Å². The normalized spacial score (nSPS) is 9.50. The van der Waals surface area contributed by atoms with Gasteiger partial charge in [-0.05, 0) is 19.4 Å². The molecule has 1 aromatic rings. The maximum absolute atomic E-state index is 4.16. The van der Waals surface area contributed by atoms with E-state index in [2.05, 4.69) is 10.3 Å². The third-order valence-corrected chi connectivity index (χ3v) is 1.58. The number of aryl methyl sites for hydroxylation is 2. The van der Waals surface area contributed by atoms with E-state index >= 15 is 0 Å². The van der Waals surface area contributed by atoms with Gasteiger partial charge in [-0.2, -0.15) is 0 Å². The highest BCUT2D eigenvalue weighted by Crippen LogP contribution is 2.16. The summed E-state index contributed by atoms with van der Waals surface area (Å²) in [6.45, 7) is 4.03. The van der Waals surface area contributed by atoms with E-state index < -0.39 is 0 Å². The molecule has 0 bridgehead atoms. The Bertz CT molecular complexity index is 231. The highest BCUT2D eigenvalue weighted by atomic mass is 14.8. The minimum Gasteiger partial charge on any atom is -0.686 e. The fourth-order valence-corrected chi connectivity index (χ4v) is 0.751. The highest BCUT2D eigenvalue weighted by molar-refractivity contribution is 5.47. The van der Waals surface area contributed by atoms with Gasteiger partial charge in [-0.25, -0.2) is 0 Å². The molecule has 0 N–H and O–H groups in total. The number of hydrogen-bond acceptors (Lipinski definition) is 1. The van der Waals surface area contributed by atoms with Crippen LogP contribution in [0.5, 0.6) is 0 Å². The van der Waals surface area contributed by atoms with Crippen LogP contribution in [0.3, 0.4) is 0 Å². The Morgan fingerprint density at radius 2 is 2.10 bits per heavy atom. The lowest BCUT2D eigenvalue weighted by Gasteiger charge is -2.13. The first-order valence-electron chi connectivity index (χ1n) is 3.27. The van der Waals surface area contributed by atoms with E-state index in [1.165, 1.54) is 5.56 Å². The van der Waals surface area contributed by atoms with Crippen LogP contribution in [-0.2, 0) is 0 Å². The Hall–Kier alpha value is -1.05. The van der Waals surface area contributed by atoms with E-state index in [0.717, 1.165) is 11.4 Å². The van der Waals surface area contributed by atoms with Gasteiger partial charge in [0.25, 0.3) is 0 Å². The van der Waals surface area contributed by atoms with Crippen LogP contribution in [0.2, 0.25) is 0 Å². The van der Waals surface area contributed by atoms with Gasteiger partial charge in [0.1, 0.15) is 0 Å². The van der Waals surface area contributed by atoms with Crippen molar-refractivity contribution >= 4 is 5.69 Å². The summed E-state index contributed by atoms with van der Waals surface area (Å²) in [4.78, 5) is 4.16. The second-order valence-electron chi connectivity index (χ2n) is 2.32. The maximum Gasteiger partial charge on any atom is 0.0400 e. The van der Waals surface area contributed by atoms with Crippen LogP contribution < -0.4 is 0 Å². The molecule has 0 spiro atoms. The van der Waals surface area contributed by atoms with Gasteiger partial charge in [-0.15, -0.1) is 12.7 Å². The molecule has 0 aliphatic rings. The van der Waals surface area contributed by atoms with Crippen molar-refractivity contribution in [2.75, 3.05) is 7.05 Å². The Labute approximate surface area is 61.3 Å². The van der Waals surface area contributed by atoms with Crippen LogP contribution in [-0.4, -0.2) is 12.0 Å². The first-order valence-corrected chi connectivity index (χ1v) is 3.27. The summed E-state index contributed by atoms with van der Waals surface area (Å²) in [6, 6.07) is 2.03. The Kier molecular flexibility index (Phi) is 1.90. The van der Waals surface area contributed by atoms with Crippen molar-refractivity contribution in [3.8, 4) is 0 Å². The van der Waals surface area contributed by atoms with Crippen molar-refractivity contribution in [2.45, 2.75) is 13.8 Å². The smallest absolute Gasteiger partial charge is 0.0400 e. The second-order valence-corrected chi connectivity index (χ2v) is 2.32. The predicted molar refractivity (Wildman–Crippen MR) is 42.7 cm³/mol. The largest absolute Gasteiger partial charge is 0.686 e. The Balaban J connectivity index is 3.04. The summed E-state index contributed by atoms with van der Waals surface area (Å²) >= 11 is 0. The van der Waals surface area contributed by atoms with Crippen LogP contribution in [0, 0.1) is 13.8 Å². The van der Waals surface area contributed by atoms with Gasteiger partial charge in [0.15, 0.2) is 0 Å². The van der Waals surface area contributed by atoms with Crippen molar-refractivity contribution in [1.82, 2.24) is 4.98 Å². The minimum absolute atomic E-state index is 0.947. The zero-order chi connectivity index (χ0) is 7.56. The lowest BCUT2D eigenvalue weighted by Crippen LogP contribution is -1.84. The molecule has 0 aromatic carbocycles. The first kappa shape index (κ1) is 7.06. The van der Waals surface area contributed by atoms with Gasteiger partial charge in [0.2, 0.25) is 0 Å². The monoisotopic (exact) mass is 135 g/mol. The van der Waals surface area contributed by atoms with Crippen LogP contribution >= 0.6 is 0 Å². The lowest BCUT2D eigenvalue weighted by molar-refractivity contribution is 1.15. The molecule has 0 aliphatic carbocycles. The van der Waals surface area contributed by atoms with Gasteiger partial charge < -0.3 is 5.32 Å². The van der Waals surface area contributed by atoms with E-state index in [0.29, 0.717) is 0 Å². The molecule has 0 amide bonds. The second kappa shape index (κ2) is 2.69. The summed E-state index contributed by atoms with van der Waals surface area (Å²) in [5.74, 6) is 0. The molecule has 0 fully saturated rings. The number of aromatic nitrogens is 1. The molecule has 2 nitrogen and oxygen atoms in total. The molecule has 1 rings (SSSR count). The fourth-order valence-electron chi connectivity index (χ4n) is 0.751. The van der Waals surface area contributed by atoms with Gasteiger partial charge in [0, 0.05) is 11.9 Å². The first-order chi connectivity index (χ1) is 4.74. The standard InChI is InChI=1S/C8H11N2/c1-6-4-8(9-3)5-10-7(6)2/h4-5H,1-3H3/q-1. The summed E-state index contributed by atoms with van der Waals surface area (Å²) in [7, 11) is 1.77. The number of hydrogen-bond donors (Lipinski definition) is 0. The highest BCUT2D eigenvalue weighted by Gasteiger charge is 1.88. The van der Waals surface area contributed by atoms with Crippen molar-refractivity contribution in [3.63, 3.8) is 0 Å². The molecule has 10 heavy (non-hydrogen) atoms. The molecule has 0 atom stereocenters. The Morgan fingerprint density at radius 1 is 1.40 bits per heavy atom. The quantitative estimate of drug-likeness (QED) is 0.580. The number of nitrogens with zero attached hydrogens (tertiary/aromatic N) is 2. The third-order valence-electron chi connectivity index (χ3n) is 1.58. The van der Waals surface area contributed by atoms with Crippen molar-refractivity contribution in [3.05, 3.63) is 28.8 Å². The molecular formula is C8H11N2-. The van der Waals surface area contributed by atoms with Gasteiger partial charge in [-0.3, -0.25) is 4.98 Å². The van der Waals surface area contributed by atoms with E-state index in [-0.39, 0.29) is 0 Å². The van der Waals surface area contributed by atoms with Crippen LogP contribution in [0.15, 0.2) is 12.3 Å². The minimum atomic E-state index is 0.947. The number of pyridine rings is 1. The number of rotatable bonds is 1. The zero-order valence-corrected chi connectivity index (χ0v) is 6.55. The lowest BCUT2D eigenvalue weighted by atomic mass is 10.2. The van der Waals surface area contributed by atoms with Gasteiger partial charge in [0.05, 0.1) is 0 Å². The molecule has 0 unspecified atom stereocenters. The van der Waals surface area contributed by atoms with Crippen molar-refractivity contribution < 1.29 is 0 Å². The molecule has 0 saturated carbocycles. The summed E-state index contributed by atoms with van der Waals surface area (Å²) in [5.41, 5.74) is 3.22. The van der Waals surface area contributed by atoms with Crippen LogP contribution in [0.1, 0.15) is 11.3 Å². The molecule has 0 radical (unpaired) electrons. The summed E-state index contributed by atoms with van der Waals surface area (Å²) in [6.07, 6.45) is 1.78. The summed E-state index contributed by atoms with van der Waals surface area (Å²) < 4.78 is 0. The van der Waals surface area contributed by atoms with Crippen molar-refractivity contribution in [2.24, 2.45) is 0 Å². The van der Waals surface area contributed by atoms with E-state index in [9.17, 15) is 0 Å². The van der Waals surface area contributed by atoms with E-state index in [1.807, 2.05) is 19.9 Å². The molecule has 2 heteroatoms. The summed E-state index contributed by atoms with van der Waals surface area (Å²) in [5, 5.41) is 4.01. The van der Waals surface area contributed by atoms with Gasteiger partial charge >= 0.3 is 0 Å². The average Bonchev–Trinajstić information content (AvgIpc) is 1.95. The maximum atomic E-state index is 4.16. The SMILES string of the molecule is C[N-]c1cnc(C)c(C)c1. The predicted octanol–water partition coefficient (Wildman–Crippen LogP) is 2.33.